The van der Waals surface area contributed by atoms with Crippen LogP contribution in [0.1, 0.15) is 27.2 Å². The fourth-order valence-electron chi connectivity index (χ4n) is 4.34. The van der Waals surface area contributed by atoms with Crippen molar-refractivity contribution in [3.63, 3.8) is 0 Å². The quantitative estimate of drug-likeness (QED) is 0.184. The van der Waals surface area contributed by atoms with Crippen LogP contribution in [0.2, 0.25) is 0 Å². The number of aromatic nitrogens is 1. The number of amides is 2. The number of nitrogens with one attached hydrogen (secondary N) is 3. The molecule has 1 aliphatic rings. The number of para-hydroxylation sites is 1. The van der Waals surface area contributed by atoms with Gasteiger partial charge in [-0.05, 0) is 54.8 Å². The number of nitro groups is 1. The molecule has 38 heavy (non-hydrogen) atoms. The van der Waals surface area contributed by atoms with Gasteiger partial charge in [0.15, 0.2) is 11.5 Å². The molecule has 10 heteroatoms. The van der Waals surface area contributed by atoms with Gasteiger partial charge in [0, 0.05) is 40.8 Å². The maximum Gasteiger partial charge on any atom is 0.270 e. The van der Waals surface area contributed by atoms with Crippen LogP contribution in [0, 0.1) is 17.0 Å². The van der Waals surface area contributed by atoms with E-state index in [1.54, 1.807) is 18.2 Å². The van der Waals surface area contributed by atoms with Crippen LogP contribution in [-0.4, -0.2) is 35.1 Å². The van der Waals surface area contributed by atoms with Gasteiger partial charge in [0.2, 0.25) is 6.79 Å². The molecule has 0 saturated carbocycles. The molecule has 0 saturated heterocycles. The highest BCUT2D eigenvalue weighted by Crippen LogP contribution is 2.33. The Hall–Kier alpha value is -5.12. The Balaban J connectivity index is 1.36. The number of ether oxygens (including phenoxy) is 2. The smallest absolute Gasteiger partial charge is 0.270 e. The molecule has 4 aromatic rings. The highest BCUT2D eigenvalue weighted by Gasteiger charge is 2.19. The van der Waals surface area contributed by atoms with E-state index in [9.17, 15) is 19.7 Å². The summed E-state index contributed by atoms with van der Waals surface area (Å²) in [6.45, 7) is 2.42. The summed E-state index contributed by atoms with van der Waals surface area (Å²) in [6.07, 6.45) is 2.10. The Morgan fingerprint density at radius 3 is 2.71 bits per heavy atom. The van der Waals surface area contributed by atoms with Gasteiger partial charge in [-0.2, -0.15) is 0 Å². The summed E-state index contributed by atoms with van der Waals surface area (Å²) >= 11 is 0. The molecule has 5 rings (SSSR count). The lowest BCUT2D eigenvalue weighted by Gasteiger charge is -2.12. The molecular formula is C28H24N4O6. The summed E-state index contributed by atoms with van der Waals surface area (Å²) in [7, 11) is 0. The van der Waals surface area contributed by atoms with Crippen molar-refractivity contribution < 1.29 is 24.0 Å². The molecule has 0 fully saturated rings. The van der Waals surface area contributed by atoms with E-state index in [-0.39, 0.29) is 23.7 Å². The number of hydrogen-bond acceptors (Lipinski definition) is 6. The number of rotatable bonds is 8. The lowest BCUT2D eigenvalue weighted by molar-refractivity contribution is -0.384. The zero-order chi connectivity index (χ0) is 26.6. The molecule has 3 aromatic carbocycles. The van der Waals surface area contributed by atoms with Crippen molar-refractivity contribution >= 4 is 34.5 Å². The third-order valence-electron chi connectivity index (χ3n) is 6.21. The van der Waals surface area contributed by atoms with Gasteiger partial charge < -0.3 is 25.1 Å². The minimum Gasteiger partial charge on any atom is -0.454 e. The van der Waals surface area contributed by atoms with E-state index in [2.05, 4.69) is 15.6 Å². The lowest BCUT2D eigenvalue weighted by atomic mass is 10.1. The average molecular weight is 513 g/mol. The number of non-ortho nitro benzene ring substituents is 1. The van der Waals surface area contributed by atoms with Crippen molar-refractivity contribution in [1.29, 1.82) is 0 Å². The maximum atomic E-state index is 13.2. The minimum atomic E-state index is -0.650. The molecule has 2 heterocycles. The second kappa shape index (κ2) is 10.5. The van der Waals surface area contributed by atoms with Crippen LogP contribution < -0.4 is 20.1 Å². The van der Waals surface area contributed by atoms with Gasteiger partial charge >= 0.3 is 0 Å². The molecule has 192 valence electrons. The number of aryl methyl sites for hydroxylation is 1. The normalized spacial score (nSPS) is 12.4. The largest absolute Gasteiger partial charge is 0.454 e. The van der Waals surface area contributed by atoms with E-state index in [0.29, 0.717) is 30.0 Å². The summed E-state index contributed by atoms with van der Waals surface area (Å²) in [5, 5.41) is 17.7. The monoisotopic (exact) mass is 512 g/mol. The number of nitrogens with zero attached hydrogens (tertiary/aromatic N) is 1. The number of benzene rings is 3. The topological polar surface area (TPSA) is 136 Å². The molecule has 0 aliphatic carbocycles. The van der Waals surface area contributed by atoms with Crippen molar-refractivity contribution in [2.75, 3.05) is 13.3 Å². The Morgan fingerprint density at radius 1 is 1.05 bits per heavy atom. The van der Waals surface area contributed by atoms with Gasteiger partial charge in [-0.1, -0.05) is 30.3 Å². The van der Waals surface area contributed by atoms with E-state index in [4.69, 9.17) is 9.47 Å². The molecular weight excluding hydrogens is 488 g/mol. The van der Waals surface area contributed by atoms with Crippen LogP contribution in [0.25, 0.3) is 17.0 Å². The Labute approximate surface area is 217 Å². The molecule has 0 bridgehead atoms. The van der Waals surface area contributed by atoms with Gasteiger partial charge in [-0.25, -0.2) is 0 Å². The second-order valence-electron chi connectivity index (χ2n) is 8.71. The van der Waals surface area contributed by atoms with Gasteiger partial charge in [0.1, 0.15) is 5.70 Å². The molecule has 0 unspecified atom stereocenters. The van der Waals surface area contributed by atoms with Crippen LogP contribution in [0.15, 0.2) is 72.4 Å². The van der Waals surface area contributed by atoms with Crippen molar-refractivity contribution in [3.8, 4) is 11.5 Å². The molecule has 1 aliphatic heterocycles. The highest BCUT2D eigenvalue weighted by atomic mass is 16.7. The van der Waals surface area contributed by atoms with E-state index in [1.807, 2.05) is 31.2 Å². The van der Waals surface area contributed by atoms with Crippen molar-refractivity contribution in [2.45, 2.75) is 13.3 Å². The molecule has 0 atom stereocenters. The number of carbonyl (C=O) groups excluding carboxylic acids is 2. The third-order valence-corrected chi connectivity index (χ3v) is 6.21. The Bertz CT molecular complexity index is 1590. The molecule has 3 N–H and O–H groups in total. The first-order chi connectivity index (χ1) is 18.4. The first kappa shape index (κ1) is 24.6. The van der Waals surface area contributed by atoms with Crippen LogP contribution in [0.5, 0.6) is 11.5 Å². The van der Waals surface area contributed by atoms with Crippen molar-refractivity contribution in [1.82, 2.24) is 15.6 Å². The molecule has 10 nitrogen and oxygen atoms in total. The Morgan fingerprint density at radius 2 is 1.87 bits per heavy atom. The standard InChI is InChI=1S/C28H24N4O6/c1-17-21(22-7-2-3-8-23(22)30-17)11-12-29-28(34)24(13-18-9-10-25-26(14-18)38-16-37-25)31-27(33)19-5-4-6-20(15-19)32(35)36/h2-10,13-15,30H,11-12,16H2,1H3,(H,29,34)(H,31,33). The van der Waals surface area contributed by atoms with E-state index < -0.39 is 16.7 Å². The third kappa shape index (κ3) is 5.19. The number of nitro benzene ring substituents is 1. The van der Waals surface area contributed by atoms with Crippen molar-refractivity contribution in [3.05, 3.63) is 105 Å². The van der Waals surface area contributed by atoms with Crippen LogP contribution in [0.4, 0.5) is 5.69 Å². The molecule has 2 amide bonds. The first-order valence-corrected chi connectivity index (χ1v) is 11.9. The summed E-state index contributed by atoms with van der Waals surface area (Å²) in [5.41, 5.74) is 3.56. The number of H-pyrrole nitrogens is 1. The van der Waals surface area contributed by atoms with Crippen LogP contribution in [0.3, 0.4) is 0 Å². The first-order valence-electron chi connectivity index (χ1n) is 11.9. The lowest BCUT2D eigenvalue weighted by Crippen LogP contribution is -2.35. The molecule has 1 aromatic heterocycles. The zero-order valence-corrected chi connectivity index (χ0v) is 20.4. The van der Waals surface area contributed by atoms with E-state index in [0.717, 1.165) is 28.2 Å². The van der Waals surface area contributed by atoms with Gasteiger partial charge in [-0.15, -0.1) is 0 Å². The van der Waals surface area contributed by atoms with Crippen LogP contribution in [-0.2, 0) is 11.2 Å². The zero-order valence-electron chi connectivity index (χ0n) is 20.4. The average Bonchev–Trinajstić information content (AvgIpc) is 3.51. The maximum absolute atomic E-state index is 13.2. The minimum absolute atomic E-state index is 0.0176. The summed E-state index contributed by atoms with van der Waals surface area (Å²) in [4.78, 5) is 40.1. The summed E-state index contributed by atoms with van der Waals surface area (Å²) < 4.78 is 10.8. The predicted octanol–water partition coefficient (Wildman–Crippen LogP) is 4.24. The number of fused-ring (bicyclic) bond motifs is 2. The fourth-order valence-corrected chi connectivity index (χ4v) is 4.34. The number of hydrogen-bond donors (Lipinski definition) is 3. The van der Waals surface area contributed by atoms with E-state index >= 15 is 0 Å². The fraction of sp³-hybridized carbons (Fsp3) is 0.143. The second-order valence-corrected chi connectivity index (χ2v) is 8.71. The SMILES string of the molecule is Cc1[nH]c2ccccc2c1CCNC(=O)C(=Cc1ccc2c(c1)OCO2)NC(=O)c1cccc([N+](=O)[O-])c1. The predicted molar refractivity (Wildman–Crippen MR) is 141 cm³/mol. The van der Waals surface area contributed by atoms with Crippen LogP contribution >= 0.6 is 0 Å². The number of carbonyl (C=O) groups is 2. The van der Waals surface area contributed by atoms with Gasteiger partial charge in [0.05, 0.1) is 4.92 Å². The number of aromatic amines is 1. The highest BCUT2D eigenvalue weighted by molar-refractivity contribution is 6.05. The van der Waals surface area contributed by atoms with Gasteiger partial charge in [-0.3, -0.25) is 19.7 Å². The molecule has 0 spiro atoms. The van der Waals surface area contributed by atoms with Crippen molar-refractivity contribution in [2.24, 2.45) is 0 Å². The van der Waals surface area contributed by atoms with Gasteiger partial charge in [0.25, 0.3) is 17.5 Å². The van der Waals surface area contributed by atoms with E-state index in [1.165, 1.54) is 24.3 Å². The molecule has 0 radical (unpaired) electrons. The summed E-state index contributed by atoms with van der Waals surface area (Å²) in [5.74, 6) is -0.0385. The Kier molecular flexibility index (Phi) is 6.77. The summed E-state index contributed by atoms with van der Waals surface area (Å²) in [6, 6.07) is 18.4.